The Kier molecular flexibility index (Phi) is 6.00. The van der Waals surface area contributed by atoms with Gasteiger partial charge in [-0.3, -0.25) is 9.59 Å². The number of benzene rings is 1. The van der Waals surface area contributed by atoms with E-state index >= 15 is 0 Å². The van der Waals surface area contributed by atoms with E-state index in [4.69, 9.17) is 15.2 Å². The molecule has 0 spiro atoms. The summed E-state index contributed by atoms with van der Waals surface area (Å²) < 4.78 is 24.1. The predicted molar refractivity (Wildman–Crippen MR) is 102 cm³/mol. The quantitative estimate of drug-likeness (QED) is 0.731. The zero-order valence-corrected chi connectivity index (χ0v) is 16.3. The second-order valence-electron chi connectivity index (χ2n) is 7.21. The first kappa shape index (κ1) is 20.3. The maximum Gasteiger partial charge on any atom is 0.302 e. The number of carbonyl (C=O) groups is 2. The number of esters is 1. The van der Waals surface area contributed by atoms with Crippen molar-refractivity contribution in [1.29, 1.82) is 0 Å². The minimum Gasteiger partial charge on any atom is -0.460 e. The van der Waals surface area contributed by atoms with E-state index in [0.29, 0.717) is 24.9 Å². The summed E-state index contributed by atoms with van der Waals surface area (Å²) in [6, 6.07) is 3.38. The summed E-state index contributed by atoms with van der Waals surface area (Å²) >= 11 is 0. The van der Waals surface area contributed by atoms with E-state index in [9.17, 15) is 14.0 Å². The van der Waals surface area contributed by atoms with Crippen molar-refractivity contribution >= 4 is 22.8 Å². The van der Waals surface area contributed by atoms with Crippen LogP contribution in [0.2, 0.25) is 0 Å². The number of nitrogens with zero attached hydrogens (tertiary/aromatic N) is 1. The van der Waals surface area contributed by atoms with Crippen LogP contribution < -0.4 is 5.73 Å². The number of amides is 1. The molecule has 4 atom stereocenters. The number of carbonyl (C=O) groups excluding carboxylic acids is 2. The van der Waals surface area contributed by atoms with Crippen LogP contribution in [0.25, 0.3) is 10.9 Å². The monoisotopic (exact) mass is 391 g/mol. The molecule has 1 aromatic carbocycles. The Bertz CT molecular complexity index is 868. The van der Waals surface area contributed by atoms with Gasteiger partial charge in [0.15, 0.2) is 0 Å². The molecular weight excluding hydrogens is 365 g/mol. The Morgan fingerprint density at radius 1 is 1.43 bits per heavy atom. The van der Waals surface area contributed by atoms with Crippen LogP contribution in [0, 0.1) is 5.82 Å². The summed E-state index contributed by atoms with van der Waals surface area (Å²) in [6.45, 7) is 3.54. The van der Waals surface area contributed by atoms with E-state index in [-0.39, 0.29) is 23.7 Å². The topological polar surface area (TPSA) is 97.7 Å². The van der Waals surface area contributed by atoms with Gasteiger partial charge in [0.2, 0.25) is 5.91 Å². The highest BCUT2D eigenvalue weighted by Gasteiger charge is 2.41. The molecule has 7 nitrogen and oxygen atoms in total. The molecular formula is C20H26FN3O4. The highest BCUT2D eigenvalue weighted by molar-refractivity contribution is 5.85. The molecule has 3 rings (SSSR count). The van der Waals surface area contributed by atoms with Crippen molar-refractivity contribution in [3.8, 4) is 0 Å². The highest BCUT2D eigenvalue weighted by atomic mass is 19.1. The number of rotatable bonds is 6. The number of fused-ring (bicyclic) bond motifs is 1. The number of ether oxygens (including phenoxy) is 2. The zero-order chi connectivity index (χ0) is 20.4. The molecule has 1 amide bonds. The Morgan fingerprint density at radius 2 is 2.18 bits per heavy atom. The van der Waals surface area contributed by atoms with Crippen molar-refractivity contribution in [2.45, 2.75) is 51.0 Å². The van der Waals surface area contributed by atoms with Crippen molar-refractivity contribution in [2.24, 2.45) is 5.73 Å². The highest BCUT2D eigenvalue weighted by Crippen LogP contribution is 2.29. The smallest absolute Gasteiger partial charge is 0.302 e. The van der Waals surface area contributed by atoms with Crippen molar-refractivity contribution in [2.75, 3.05) is 13.7 Å². The number of hydrogen-bond donors (Lipinski definition) is 2. The average molecular weight is 391 g/mol. The number of hydrogen-bond acceptors (Lipinski definition) is 5. The summed E-state index contributed by atoms with van der Waals surface area (Å²) in [5.41, 5.74) is 7.67. The molecule has 0 bridgehead atoms. The van der Waals surface area contributed by atoms with E-state index in [1.54, 1.807) is 24.1 Å². The number of likely N-dealkylation sites (tertiary alicyclic amines) is 1. The molecule has 0 radical (unpaired) electrons. The maximum atomic E-state index is 13.5. The molecule has 1 saturated heterocycles. The van der Waals surface area contributed by atoms with Crippen LogP contribution in [-0.4, -0.2) is 59.7 Å². The first-order valence-electron chi connectivity index (χ1n) is 9.33. The van der Waals surface area contributed by atoms with Gasteiger partial charge in [0.1, 0.15) is 18.0 Å². The maximum absolute atomic E-state index is 13.5. The lowest BCUT2D eigenvalue weighted by Gasteiger charge is -2.31. The number of nitrogens with one attached hydrogen (secondary N) is 1. The minimum atomic E-state index is -0.805. The molecule has 1 aromatic heterocycles. The van der Waals surface area contributed by atoms with Gasteiger partial charge in [0.05, 0.1) is 12.1 Å². The van der Waals surface area contributed by atoms with Gasteiger partial charge in [-0.25, -0.2) is 4.39 Å². The van der Waals surface area contributed by atoms with Gasteiger partial charge in [0.25, 0.3) is 0 Å². The van der Waals surface area contributed by atoms with Crippen LogP contribution in [0.4, 0.5) is 4.39 Å². The summed E-state index contributed by atoms with van der Waals surface area (Å²) in [6.07, 6.45) is 1.95. The fraction of sp³-hybridized carbons (Fsp3) is 0.500. The molecule has 3 N–H and O–H groups in total. The largest absolute Gasteiger partial charge is 0.460 e. The van der Waals surface area contributed by atoms with Crippen LogP contribution in [0.3, 0.4) is 0 Å². The summed E-state index contributed by atoms with van der Waals surface area (Å²) in [4.78, 5) is 29.2. The van der Waals surface area contributed by atoms with Gasteiger partial charge in [0, 0.05) is 44.1 Å². The first-order chi connectivity index (χ1) is 13.3. The van der Waals surface area contributed by atoms with Gasteiger partial charge < -0.3 is 25.1 Å². The van der Waals surface area contributed by atoms with Crippen LogP contribution in [0.5, 0.6) is 0 Å². The fourth-order valence-corrected chi connectivity index (χ4v) is 3.78. The van der Waals surface area contributed by atoms with Crippen LogP contribution in [-0.2, 0) is 25.5 Å². The number of aromatic amines is 1. The van der Waals surface area contributed by atoms with E-state index in [2.05, 4.69) is 4.98 Å². The van der Waals surface area contributed by atoms with Crippen molar-refractivity contribution in [3.63, 3.8) is 0 Å². The summed E-state index contributed by atoms with van der Waals surface area (Å²) in [5, 5.41) is 0.872. The number of nitrogens with two attached hydrogens (primary N) is 1. The van der Waals surface area contributed by atoms with Crippen LogP contribution in [0.15, 0.2) is 24.4 Å². The third kappa shape index (κ3) is 4.02. The van der Waals surface area contributed by atoms with Gasteiger partial charge in [-0.05, 0) is 37.1 Å². The minimum absolute atomic E-state index is 0.236. The Labute approximate surface area is 163 Å². The molecule has 28 heavy (non-hydrogen) atoms. The Balaban J connectivity index is 1.88. The summed E-state index contributed by atoms with van der Waals surface area (Å²) in [7, 11) is 1.51. The molecule has 1 fully saturated rings. The number of halogens is 1. The third-order valence-corrected chi connectivity index (χ3v) is 5.41. The zero-order valence-electron chi connectivity index (χ0n) is 16.3. The van der Waals surface area contributed by atoms with E-state index < -0.39 is 18.2 Å². The Morgan fingerprint density at radius 3 is 2.86 bits per heavy atom. The summed E-state index contributed by atoms with van der Waals surface area (Å²) in [5.74, 6) is -0.948. The van der Waals surface area contributed by atoms with Gasteiger partial charge in [-0.2, -0.15) is 0 Å². The Hall–Kier alpha value is -2.45. The van der Waals surface area contributed by atoms with E-state index in [1.165, 1.54) is 26.2 Å². The van der Waals surface area contributed by atoms with Crippen molar-refractivity contribution < 1.29 is 23.5 Å². The normalized spacial score (nSPS) is 21.7. The molecule has 1 aliphatic rings. The molecule has 1 aliphatic heterocycles. The molecule has 0 aliphatic carbocycles. The number of H-pyrrole nitrogens is 1. The van der Waals surface area contributed by atoms with Crippen molar-refractivity contribution in [3.05, 3.63) is 35.8 Å². The third-order valence-electron chi connectivity index (χ3n) is 5.41. The van der Waals surface area contributed by atoms with E-state index in [0.717, 1.165) is 10.9 Å². The lowest BCUT2D eigenvalue weighted by molar-refractivity contribution is -0.150. The molecule has 8 heteroatoms. The lowest BCUT2D eigenvalue weighted by atomic mass is 10.0. The fourth-order valence-electron chi connectivity index (χ4n) is 3.78. The van der Waals surface area contributed by atoms with Crippen molar-refractivity contribution in [1.82, 2.24) is 9.88 Å². The van der Waals surface area contributed by atoms with Gasteiger partial charge in [-0.1, -0.05) is 0 Å². The lowest BCUT2D eigenvalue weighted by Crippen LogP contribution is -2.53. The second-order valence-corrected chi connectivity index (χ2v) is 7.21. The first-order valence-corrected chi connectivity index (χ1v) is 9.33. The van der Waals surface area contributed by atoms with E-state index in [1.807, 2.05) is 0 Å². The van der Waals surface area contributed by atoms with Crippen LogP contribution in [0.1, 0.15) is 25.8 Å². The second kappa shape index (κ2) is 8.28. The molecule has 0 saturated carbocycles. The molecule has 152 valence electrons. The number of aromatic nitrogens is 1. The predicted octanol–water partition coefficient (Wildman–Crippen LogP) is 1.74. The average Bonchev–Trinajstić information content (AvgIpc) is 3.24. The van der Waals surface area contributed by atoms with Crippen LogP contribution >= 0.6 is 0 Å². The van der Waals surface area contributed by atoms with Gasteiger partial charge in [-0.15, -0.1) is 0 Å². The van der Waals surface area contributed by atoms with Gasteiger partial charge >= 0.3 is 5.97 Å². The molecule has 0 unspecified atom stereocenters. The standard InChI is InChI=1S/C20H26FN3O4/c1-11(27-3)19(22)20(26)24-7-6-18(28-12(2)25)17(24)8-13-10-23-16-9-14(21)4-5-15(13)16/h4-5,9-11,17-19,23H,6-8,22H2,1-3H3/t11-,17-,18+,19+/m1/s1. The molecule has 2 heterocycles. The number of methoxy groups -OCH3 is 1. The molecule has 2 aromatic rings. The SMILES string of the molecule is CO[C@H](C)[C@H](N)C(=O)N1CC[C@H](OC(C)=O)[C@H]1Cc1c[nH]c2cc(F)ccc12.